The van der Waals surface area contributed by atoms with Crippen LogP contribution in [0.15, 0.2) is 95.5 Å². The number of hydrogen-bond acceptors (Lipinski definition) is 4. The minimum Gasteiger partial charge on any atom is -0.507 e. The van der Waals surface area contributed by atoms with E-state index in [2.05, 4.69) is 48.5 Å². The summed E-state index contributed by atoms with van der Waals surface area (Å²) < 4.78 is 7.92. The van der Waals surface area contributed by atoms with Crippen LogP contribution in [-0.4, -0.2) is 19.6 Å². The average molecular weight is 494 g/mol. The predicted octanol–water partition coefficient (Wildman–Crippen LogP) is 7.67. The van der Waals surface area contributed by atoms with Crippen molar-refractivity contribution in [1.82, 2.24) is 14.5 Å². The van der Waals surface area contributed by atoms with Gasteiger partial charge in [-0.2, -0.15) is 0 Å². The fourth-order valence-electron chi connectivity index (χ4n) is 5.99. The number of aryl methyl sites for hydroxylation is 3. The van der Waals surface area contributed by atoms with Crippen molar-refractivity contribution in [2.75, 3.05) is 0 Å². The molecule has 1 aliphatic rings. The SMILES string of the molecule is Cn1cc(-c2nc3c(c4ccccc24)CCc2ccccc2-3)nc1-c1cc2c(cc1O)oc1ccccc12. The fourth-order valence-corrected chi connectivity index (χ4v) is 5.99. The quantitative estimate of drug-likeness (QED) is 0.268. The molecule has 0 radical (unpaired) electrons. The molecule has 38 heavy (non-hydrogen) atoms. The first kappa shape index (κ1) is 21.2. The van der Waals surface area contributed by atoms with Gasteiger partial charge in [-0.1, -0.05) is 66.7 Å². The summed E-state index contributed by atoms with van der Waals surface area (Å²) >= 11 is 0. The third kappa shape index (κ3) is 2.99. The monoisotopic (exact) mass is 493 g/mol. The number of para-hydroxylation sites is 1. The number of nitrogens with zero attached hydrogens (tertiary/aromatic N) is 3. The van der Waals surface area contributed by atoms with Crippen molar-refractivity contribution >= 4 is 32.7 Å². The lowest BCUT2D eigenvalue weighted by Crippen LogP contribution is -2.07. The molecule has 3 heterocycles. The number of fused-ring (bicyclic) bond motifs is 8. The Morgan fingerprint density at radius 1 is 0.711 bits per heavy atom. The minimum atomic E-state index is 0.133. The first-order valence-electron chi connectivity index (χ1n) is 12.8. The van der Waals surface area contributed by atoms with Crippen LogP contribution < -0.4 is 0 Å². The van der Waals surface area contributed by atoms with Crippen molar-refractivity contribution in [2.45, 2.75) is 12.8 Å². The average Bonchev–Trinajstić information content (AvgIpc) is 3.51. The molecule has 0 atom stereocenters. The first-order valence-corrected chi connectivity index (χ1v) is 12.8. The van der Waals surface area contributed by atoms with Crippen LogP contribution in [0, 0.1) is 0 Å². The minimum absolute atomic E-state index is 0.133. The summed E-state index contributed by atoms with van der Waals surface area (Å²) in [6.45, 7) is 0. The van der Waals surface area contributed by atoms with Gasteiger partial charge < -0.3 is 14.1 Å². The molecule has 5 nitrogen and oxygen atoms in total. The molecular formula is C33H23N3O2. The van der Waals surface area contributed by atoms with E-state index in [1.165, 1.54) is 22.1 Å². The van der Waals surface area contributed by atoms with E-state index >= 15 is 0 Å². The van der Waals surface area contributed by atoms with Crippen LogP contribution in [0.4, 0.5) is 0 Å². The zero-order chi connectivity index (χ0) is 25.4. The Morgan fingerprint density at radius 2 is 1.47 bits per heavy atom. The molecule has 182 valence electrons. The van der Waals surface area contributed by atoms with Crippen LogP contribution in [0.2, 0.25) is 0 Å². The van der Waals surface area contributed by atoms with E-state index in [0.717, 1.165) is 51.7 Å². The Morgan fingerprint density at radius 3 is 2.37 bits per heavy atom. The van der Waals surface area contributed by atoms with Crippen LogP contribution in [-0.2, 0) is 19.9 Å². The van der Waals surface area contributed by atoms with Crippen molar-refractivity contribution in [3.63, 3.8) is 0 Å². The standard InChI is InChI=1S/C33H23N3O2/c1-36-18-27(34-33(36)26-16-25-22-11-6-7-13-29(22)38-30(25)17-28(26)37)32-23-12-5-4-10-21(23)24-15-14-19-8-2-3-9-20(19)31(24)35-32/h2-13,16-18,37H,14-15H2,1H3. The summed E-state index contributed by atoms with van der Waals surface area (Å²) in [5.74, 6) is 0.808. The first-order chi connectivity index (χ1) is 18.7. The van der Waals surface area contributed by atoms with Crippen LogP contribution in [0.5, 0.6) is 5.75 Å². The fraction of sp³-hybridized carbons (Fsp3) is 0.0909. The normalized spacial score (nSPS) is 12.8. The van der Waals surface area contributed by atoms with Gasteiger partial charge in [-0.05, 0) is 41.5 Å². The van der Waals surface area contributed by atoms with Gasteiger partial charge in [0.1, 0.15) is 28.4 Å². The molecular weight excluding hydrogens is 470 g/mol. The molecule has 0 saturated carbocycles. The lowest BCUT2D eigenvalue weighted by molar-refractivity contribution is 0.476. The van der Waals surface area contributed by atoms with Gasteiger partial charge in [-0.3, -0.25) is 0 Å². The summed E-state index contributed by atoms with van der Waals surface area (Å²) in [6.07, 6.45) is 3.99. The molecule has 0 spiro atoms. The molecule has 4 aromatic carbocycles. The van der Waals surface area contributed by atoms with E-state index in [1.807, 2.05) is 48.1 Å². The molecule has 3 aromatic heterocycles. The van der Waals surface area contributed by atoms with Crippen LogP contribution in [0.3, 0.4) is 0 Å². The second kappa shape index (κ2) is 7.80. The highest BCUT2D eigenvalue weighted by atomic mass is 16.3. The van der Waals surface area contributed by atoms with Crippen molar-refractivity contribution in [3.05, 3.63) is 102 Å². The molecule has 5 heteroatoms. The summed E-state index contributed by atoms with van der Waals surface area (Å²) in [5, 5.41) is 15.3. The Kier molecular flexibility index (Phi) is 4.35. The second-order valence-corrected chi connectivity index (χ2v) is 10.0. The maximum absolute atomic E-state index is 11.0. The largest absolute Gasteiger partial charge is 0.507 e. The van der Waals surface area contributed by atoms with E-state index in [-0.39, 0.29) is 5.75 Å². The van der Waals surface area contributed by atoms with Gasteiger partial charge in [-0.25, -0.2) is 9.97 Å². The van der Waals surface area contributed by atoms with E-state index in [1.54, 1.807) is 6.07 Å². The highest BCUT2D eigenvalue weighted by Gasteiger charge is 2.24. The van der Waals surface area contributed by atoms with E-state index in [0.29, 0.717) is 17.0 Å². The summed E-state index contributed by atoms with van der Waals surface area (Å²) in [6, 6.07) is 28.6. The number of imidazole rings is 1. The molecule has 8 rings (SSSR count). The van der Waals surface area contributed by atoms with Gasteiger partial charge >= 0.3 is 0 Å². The summed E-state index contributed by atoms with van der Waals surface area (Å²) in [4.78, 5) is 10.3. The third-order valence-electron chi connectivity index (χ3n) is 7.79. The van der Waals surface area contributed by atoms with Gasteiger partial charge in [0.05, 0.1) is 17.0 Å². The lowest BCUT2D eigenvalue weighted by atomic mass is 9.86. The molecule has 0 unspecified atom stereocenters. The van der Waals surface area contributed by atoms with Gasteiger partial charge in [-0.15, -0.1) is 0 Å². The maximum atomic E-state index is 11.0. The third-order valence-corrected chi connectivity index (χ3v) is 7.79. The van der Waals surface area contributed by atoms with Crippen LogP contribution >= 0.6 is 0 Å². The van der Waals surface area contributed by atoms with Crippen molar-refractivity contribution in [2.24, 2.45) is 7.05 Å². The van der Waals surface area contributed by atoms with Gasteiger partial charge in [0.15, 0.2) is 0 Å². The molecule has 1 aliphatic carbocycles. The van der Waals surface area contributed by atoms with E-state index < -0.39 is 0 Å². The van der Waals surface area contributed by atoms with E-state index in [4.69, 9.17) is 14.4 Å². The number of rotatable bonds is 2. The zero-order valence-corrected chi connectivity index (χ0v) is 20.8. The molecule has 7 aromatic rings. The Labute approximate surface area is 218 Å². The number of furan rings is 1. The van der Waals surface area contributed by atoms with Crippen LogP contribution in [0.25, 0.3) is 66.7 Å². The second-order valence-electron chi connectivity index (χ2n) is 10.0. The molecule has 1 N–H and O–H groups in total. The molecule has 0 aliphatic heterocycles. The molecule has 0 fully saturated rings. The number of aromatic nitrogens is 3. The van der Waals surface area contributed by atoms with Crippen LogP contribution in [0.1, 0.15) is 11.1 Å². The summed E-state index contributed by atoms with van der Waals surface area (Å²) in [7, 11) is 1.96. The number of pyridine rings is 1. The van der Waals surface area contributed by atoms with E-state index in [9.17, 15) is 5.11 Å². The molecule has 0 bridgehead atoms. The maximum Gasteiger partial charge on any atom is 0.144 e. The van der Waals surface area contributed by atoms with Crippen molar-refractivity contribution in [1.29, 1.82) is 0 Å². The highest BCUT2D eigenvalue weighted by molar-refractivity contribution is 6.07. The number of phenolic OH excluding ortho intramolecular Hbond substituents is 1. The van der Waals surface area contributed by atoms with Crippen molar-refractivity contribution < 1.29 is 9.52 Å². The van der Waals surface area contributed by atoms with Gasteiger partial charge in [0.25, 0.3) is 0 Å². The Bertz CT molecular complexity index is 2070. The van der Waals surface area contributed by atoms with Gasteiger partial charge in [0.2, 0.25) is 0 Å². The van der Waals surface area contributed by atoms with Crippen molar-refractivity contribution in [3.8, 4) is 39.8 Å². The zero-order valence-electron chi connectivity index (χ0n) is 20.8. The Balaban J connectivity index is 1.35. The van der Waals surface area contributed by atoms with Gasteiger partial charge in [0, 0.05) is 41.0 Å². The Hall–Kier alpha value is -4.90. The number of hydrogen-bond donors (Lipinski definition) is 1. The predicted molar refractivity (Wildman–Crippen MR) is 151 cm³/mol. The highest BCUT2D eigenvalue weighted by Crippen LogP contribution is 2.41. The smallest absolute Gasteiger partial charge is 0.144 e. The molecule has 0 saturated heterocycles. The number of aromatic hydroxyl groups is 1. The number of phenols is 1. The lowest BCUT2D eigenvalue weighted by Gasteiger charge is -2.22. The summed E-state index contributed by atoms with van der Waals surface area (Å²) in [5.41, 5.74) is 8.62. The number of benzene rings is 4. The topological polar surface area (TPSA) is 64.1 Å². The molecule has 0 amide bonds.